The Labute approximate surface area is 716 Å². The summed E-state index contributed by atoms with van der Waals surface area (Å²) in [5.74, 6) is 3.48. The third kappa shape index (κ3) is 11.2. The largest absolute Gasteiger partial charge is 0.456 e. The van der Waals surface area contributed by atoms with Crippen LogP contribution in [0.25, 0.3) is 144 Å². The summed E-state index contributed by atoms with van der Waals surface area (Å²) in [6.07, 6.45) is 3.60. The smallest absolute Gasteiger partial charge is 0.171 e. The van der Waals surface area contributed by atoms with Gasteiger partial charge in [0.1, 0.15) is 23.0 Å². The Bertz CT molecular complexity index is 7770. The quantitative estimate of drug-likeness (QED) is 0.0986. The molecule has 2 aliphatic heterocycles. The minimum absolute atomic E-state index is 0.557. The van der Waals surface area contributed by atoms with Gasteiger partial charge in [0.25, 0.3) is 0 Å². The molecule has 16 aromatic carbocycles. The molecule has 21 aromatic rings. The van der Waals surface area contributed by atoms with Gasteiger partial charge in [0.05, 0.1) is 56.0 Å². The number of fused-ring (bicyclic) bond motifs is 26. The summed E-state index contributed by atoms with van der Waals surface area (Å²) in [6, 6.07) is 149. The van der Waals surface area contributed by atoms with Gasteiger partial charge in [-0.2, -0.15) is 0 Å². The van der Waals surface area contributed by atoms with E-state index in [4.69, 9.17) is 24.4 Å². The van der Waals surface area contributed by atoms with Crippen molar-refractivity contribution < 1.29 is 14.0 Å². The number of benzene rings is 16. The van der Waals surface area contributed by atoms with Gasteiger partial charge in [-0.05, 0) is 151 Å². The van der Waals surface area contributed by atoms with Crippen LogP contribution >= 0.6 is 7.14 Å². The van der Waals surface area contributed by atoms with Gasteiger partial charge in [-0.1, -0.05) is 352 Å². The van der Waals surface area contributed by atoms with E-state index in [0.717, 1.165) is 183 Å². The maximum Gasteiger partial charge on any atom is 0.171 e. The highest BCUT2D eigenvalue weighted by atomic mass is 31.2. The molecule has 0 atom stereocenters. The summed E-state index contributed by atoms with van der Waals surface area (Å²) in [7, 11) is -3.09. The Morgan fingerprint density at radius 2 is 0.573 bits per heavy atom. The summed E-state index contributed by atoms with van der Waals surface area (Å²) in [6.45, 7) is 0. The van der Waals surface area contributed by atoms with E-state index in [0.29, 0.717) is 0 Å². The number of nitrogens with zero attached hydrogens (tertiary/aromatic N) is 5. The topological polar surface area (TPSA) is 100.0 Å². The fourth-order valence-corrected chi connectivity index (χ4v) is 22.9. The third-order valence-corrected chi connectivity index (χ3v) is 28.7. The lowest BCUT2D eigenvalue weighted by Gasteiger charge is -2.40. The number of ether oxygens (including phenoxy) is 2. The van der Waals surface area contributed by atoms with Gasteiger partial charge < -0.3 is 14.0 Å². The molecule has 580 valence electrons. The Balaban J connectivity index is 0.000000140. The Morgan fingerprint density at radius 3 is 0.992 bits per heavy atom. The summed E-state index contributed by atoms with van der Waals surface area (Å²) in [5.41, 5.74) is 28.9. The highest BCUT2D eigenvalue weighted by Crippen LogP contribution is 2.66. The van der Waals surface area contributed by atoms with Crippen LogP contribution in [0.3, 0.4) is 0 Å². The summed E-state index contributed by atoms with van der Waals surface area (Å²) < 4.78 is 29.4. The second-order valence-electron chi connectivity index (χ2n) is 32.2. The molecule has 25 rings (SSSR count). The lowest BCUT2D eigenvalue weighted by molar-refractivity contribution is 0.442. The third-order valence-electron chi connectivity index (χ3n) is 25.7. The van der Waals surface area contributed by atoms with Crippen LogP contribution in [0.1, 0.15) is 44.5 Å². The maximum atomic E-state index is 15.1. The minimum Gasteiger partial charge on any atom is -0.456 e. The molecule has 0 saturated carbocycles. The first-order valence-corrected chi connectivity index (χ1v) is 43.7. The normalized spacial score (nSPS) is 13.1. The van der Waals surface area contributed by atoms with Crippen LogP contribution in [0.15, 0.2) is 437 Å². The number of para-hydroxylation sites is 4. The van der Waals surface area contributed by atoms with E-state index in [1.54, 1.807) is 12.4 Å². The fraction of sp³-hybridized carbons (Fsp3) is 0.0174. The van der Waals surface area contributed by atoms with E-state index in [-0.39, 0.29) is 0 Å². The molecule has 8 nitrogen and oxygen atoms in total. The Hall–Kier alpha value is -15.9. The molecule has 2 spiro atoms. The molecule has 0 fully saturated rings. The molecule has 0 saturated heterocycles. The van der Waals surface area contributed by atoms with Crippen LogP contribution in [0.2, 0.25) is 0 Å². The van der Waals surface area contributed by atoms with E-state index < -0.39 is 18.0 Å². The molecule has 124 heavy (non-hydrogen) atoms. The molecule has 5 aromatic heterocycles. The standard InChI is InChI=1S/C59H36N4O.C56H36NO2P/c1-4-19-46-42(16-1)43-17-2-5-20-47(43)59(46)48-21-6-8-25-55(48)64-58-49(59)31-30-45-56(58)44-18-3-7-22-50(44)63-57(45)40-15-13-14-39(34-40)37-26-28-38(29-27-37)41-35-53(51-23-9-11-32-60-51)62-54(36-41)52-24-10-12-33-61-52;58-60(40-18-3-1-4-19-40,41-20-5-2-6-21-41)42-32-30-37(31-33-42)38-16-15-17-39(36-38)54-46-34-35-50-55(53(46)45-24-9-13-28-51(45)57-54)59-52-29-14-12-27-49(52)56(50)47-25-10-7-22-43(47)44-23-8-11-26-48(44)56/h1-36H;1-36H. The van der Waals surface area contributed by atoms with Crippen molar-refractivity contribution in [2.45, 2.75) is 10.8 Å². The minimum atomic E-state index is -3.09. The van der Waals surface area contributed by atoms with Gasteiger partial charge in [0.15, 0.2) is 7.14 Å². The monoisotopic (exact) mass is 1600 g/mol. The van der Waals surface area contributed by atoms with Gasteiger partial charge in [0.2, 0.25) is 0 Å². The Morgan fingerprint density at radius 1 is 0.226 bits per heavy atom. The van der Waals surface area contributed by atoms with Gasteiger partial charge in [0, 0.05) is 94.0 Å². The van der Waals surface area contributed by atoms with Gasteiger partial charge in [-0.3, -0.25) is 9.97 Å². The first kappa shape index (κ1) is 72.2. The first-order chi connectivity index (χ1) is 61.4. The zero-order valence-electron chi connectivity index (χ0n) is 67.0. The Kier molecular flexibility index (Phi) is 16.9. The van der Waals surface area contributed by atoms with Crippen molar-refractivity contribution in [3.8, 4) is 124 Å². The van der Waals surface area contributed by atoms with Crippen LogP contribution < -0.4 is 25.4 Å². The number of hydrogen-bond acceptors (Lipinski definition) is 8. The van der Waals surface area contributed by atoms with Crippen molar-refractivity contribution in [3.63, 3.8) is 0 Å². The van der Waals surface area contributed by atoms with Crippen molar-refractivity contribution >= 4 is 66.4 Å². The molecule has 0 N–H and O–H groups in total. The molecular formula is C115H72N5O3P. The van der Waals surface area contributed by atoms with Crippen LogP contribution in [-0.4, -0.2) is 24.9 Å². The molecule has 0 radical (unpaired) electrons. The maximum absolute atomic E-state index is 15.1. The lowest BCUT2D eigenvalue weighted by atomic mass is 9.65. The number of aromatic nitrogens is 5. The second-order valence-corrected chi connectivity index (χ2v) is 35.0. The van der Waals surface area contributed by atoms with Gasteiger partial charge >= 0.3 is 0 Å². The van der Waals surface area contributed by atoms with E-state index in [9.17, 15) is 0 Å². The van der Waals surface area contributed by atoms with Gasteiger partial charge in [-0.25, -0.2) is 15.0 Å². The molecule has 0 amide bonds. The van der Waals surface area contributed by atoms with Crippen LogP contribution in [0, 0.1) is 0 Å². The summed E-state index contributed by atoms with van der Waals surface area (Å²) >= 11 is 0. The SMILES string of the molecule is O=P(c1ccccc1)(c1ccccc1)c1ccc(-c2cccc(-c3nc4ccccc4c4c5c(ccc34)C3(c4ccccc4O5)c4ccccc4-c4ccccc43)c2)cc1.c1ccc(-c2cc(-c3ccc(-c4cccc(-c5nc6ccccc6c6c7c(ccc56)C5(c6ccccc6O7)c6ccccc6-c6ccccc65)c4)cc3)cc(-c3ccccn3)n2)nc1. The average Bonchev–Trinajstić information content (AvgIpc) is 1.45. The van der Waals surface area contributed by atoms with E-state index in [2.05, 4.69) is 325 Å². The summed E-state index contributed by atoms with van der Waals surface area (Å²) in [4.78, 5) is 25.0. The summed E-state index contributed by atoms with van der Waals surface area (Å²) in [5, 5.41) is 8.75. The first-order valence-electron chi connectivity index (χ1n) is 42.0. The van der Waals surface area contributed by atoms with E-state index >= 15 is 4.57 Å². The average molecular weight is 1600 g/mol. The van der Waals surface area contributed by atoms with Gasteiger partial charge in [-0.15, -0.1) is 0 Å². The molecule has 4 aliphatic rings. The fourth-order valence-electron chi connectivity index (χ4n) is 20.3. The molecular weight excluding hydrogens is 1530 g/mol. The van der Waals surface area contributed by atoms with Crippen LogP contribution in [0.5, 0.6) is 23.0 Å². The van der Waals surface area contributed by atoms with Crippen molar-refractivity contribution in [3.05, 3.63) is 482 Å². The van der Waals surface area contributed by atoms with Crippen molar-refractivity contribution in [1.29, 1.82) is 0 Å². The molecule has 0 bridgehead atoms. The zero-order chi connectivity index (χ0) is 82.0. The highest BCUT2D eigenvalue weighted by Gasteiger charge is 2.53. The highest BCUT2D eigenvalue weighted by molar-refractivity contribution is 7.85. The second kappa shape index (κ2) is 29.0. The number of pyridine rings is 5. The molecule has 7 heterocycles. The van der Waals surface area contributed by atoms with E-state index in [1.165, 1.54) is 44.5 Å². The number of rotatable bonds is 10. The molecule has 2 aliphatic carbocycles. The van der Waals surface area contributed by atoms with Crippen LogP contribution in [-0.2, 0) is 15.4 Å². The van der Waals surface area contributed by atoms with Crippen molar-refractivity contribution in [2.75, 3.05) is 0 Å². The van der Waals surface area contributed by atoms with Crippen molar-refractivity contribution in [2.24, 2.45) is 0 Å². The predicted octanol–water partition coefficient (Wildman–Crippen LogP) is 27.2. The van der Waals surface area contributed by atoms with Crippen molar-refractivity contribution in [1.82, 2.24) is 24.9 Å². The molecule has 0 unspecified atom stereocenters. The lowest BCUT2D eigenvalue weighted by Crippen LogP contribution is -2.32. The predicted molar refractivity (Wildman–Crippen MR) is 504 cm³/mol. The van der Waals surface area contributed by atoms with E-state index in [1.807, 2.05) is 109 Å². The zero-order valence-corrected chi connectivity index (χ0v) is 67.9. The molecule has 9 heteroatoms. The number of hydrogen-bond donors (Lipinski definition) is 0. The van der Waals surface area contributed by atoms with Crippen LogP contribution in [0.4, 0.5) is 0 Å².